The first kappa shape index (κ1) is 19.3. The van der Waals surface area contributed by atoms with E-state index in [1.807, 2.05) is 38.3 Å². The maximum atomic E-state index is 13.3. The quantitative estimate of drug-likeness (QED) is 0.620. The van der Waals surface area contributed by atoms with E-state index in [1.165, 1.54) is 17.7 Å². The predicted molar refractivity (Wildman–Crippen MR) is 110 cm³/mol. The molecule has 0 fully saturated rings. The average Bonchev–Trinajstić information content (AvgIpc) is 3.14. The summed E-state index contributed by atoms with van der Waals surface area (Å²) in [7, 11) is 0. The molecule has 0 unspecified atom stereocenters. The lowest BCUT2D eigenvalue weighted by atomic mass is 10.0. The minimum atomic E-state index is -0.272. The largest absolute Gasteiger partial charge is 0.324 e. The molecule has 27 heavy (non-hydrogen) atoms. The second-order valence-corrected chi connectivity index (χ2v) is 7.68. The van der Waals surface area contributed by atoms with Gasteiger partial charge in [0.2, 0.25) is 5.91 Å². The molecule has 0 bridgehead atoms. The van der Waals surface area contributed by atoms with E-state index in [2.05, 4.69) is 22.8 Å². The Bertz CT molecular complexity index is 897. The summed E-state index contributed by atoms with van der Waals surface area (Å²) in [5.74, 6) is -0.375. The molecule has 0 spiro atoms. The van der Waals surface area contributed by atoms with Crippen molar-refractivity contribution in [1.29, 1.82) is 0 Å². The first-order valence-corrected chi connectivity index (χ1v) is 9.72. The third kappa shape index (κ3) is 4.81. The van der Waals surface area contributed by atoms with Gasteiger partial charge in [0.05, 0.1) is 12.6 Å². The van der Waals surface area contributed by atoms with Crippen LogP contribution >= 0.6 is 11.3 Å². The van der Waals surface area contributed by atoms with Crippen molar-refractivity contribution < 1.29 is 9.18 Å². The van der Waals surface area contributed by atoms with Gasteiger partial charge in [-0.05, 0) is 61.0 Å². The van der Waals surface area contributed by atoms with E-state index in [0.29, 0.717) is 0 Å². The Morgan fingerprint density at radius 1 is 1.07 bits per heavy atom. The molecular formula is C22H23FN2OS. The molecule has 140 valence electrons. The van der Waals surface area contributed by atoms with Crippen molar-refractivity contribution in [1.82, 2.24) is 5.32 Å². The van der Waals surface area contributed by atoms with Gasteiger partial charge in [-0.25, -0.2) is 4.39 Å². The summed E-state index contributed by atoms with van der Waals surface area (Å²) in [4.78, 5) is 13.6. The van der Waals surface area contributed by atoms with Crippen LogP contribution in [0.1, 0.15) is 33.2 Å². The number of benzene rings is 2. The molecule has 0 aliphatic heterocycles. The van der Waals surface area contributed by atoms with Gasteiger partial charge in [0.25, 0.3) is 0 Å². The molecular weight excluding hydrogens is 359 g/mol. The van der Waals surface area contributed by atoms with Crippen LogP contribution in [0.2, 0.25) is 0 Å². The zero-order chi connectivity index (χ0) is 19.4. The minimum Gasteiger partial charge on any atom is -0.324 e. The summed E-state index contributed by atoms with van der Waals surface area (Å²) >= 11 is 1.60. The van der Waals surface area contributed by atoms with Gasteiger partial charge < -0.3 is 5.32 Å². The van der Waals surface area contributed by atoms with Crippen molar-refractivity contribution in [3.63, 3.8) is 0 Å². The van der Waals surface area contributed by atoms with Crippen molar-refractivity contribution in [2.24, 2.45) is 0 Å². The maximum Gasteiger partial charge on any atom is 0.238 e. The molecule has 0 saturated heterocycles. The fourth-order valence-electron chi connectivity index (χ4n) is 3.25. The number of hydrogen-bond donors (Lipinski definition) is 2. The van der Waals surface area contributed by atoms with Crippen LogP contribution in [-0.4, -0.2) is 12.5 Å². The zero-order valence-electron chi connectivity index (χ0n) is 15.7. The average molecular weight is 383 g/mol. The molecule has 1 aromatic heterocycles. The van der Waals surface area contributed by atoms with Gasteiger partial charge in [-0.2, -0.15) is 0 Å². The van der Waals surface area contributed by atoms with Gasteiger partial charge in [-0.15, -0.1) is 11.3 Å². The van der Waals surface area contributed by atoms with Gasteiger partial charge >= 0.3 is 0 Å². The number of aryl methyl sites for hydroxylation is 3. The second kappa shape index (κ2) is 8.46. The van der Waals surface area contributed by atoms with Gasteiger partial charge in [0, 0.05) is 10.6 Å². The first-order valence-electron chi connectivity index (χ1n) is 8.84. The van der Waals surface area contributed by atoms with Crippen molar-refractivity contribution in [3.8, 4) is 0 Å². The zero-order valence-corrected chi connectivity index (χ0v) is 16.5. The Kier molecular flexibility index (Phi) is 6.04. The Labute approximate surface area is 163 Å². The smallest absolute Gasteiger partial charge is 0.238 e. The van der Waals surface area contributed by atoms with Crippen molar-refractivity contribution >= 4 is 22.9 Å². The Hall–Kier alpha value is -2.50. The number of carbonyl (C=O) groups excluding carboxylic acids is 1. The fraction of sp³-hybridized carbons (Fsp3) is 0.227. The van der Waals surface area contributed by atoms with Crippen LogP contribution in [0.3, 0.4) is 0 Å². The summed E-state index contributed by atoms with van der Waals surface area (Å²) in [5.41, 5.74) is 5.06. The van der Waals surface area contributed by atoms with E-state index >= 15 is 0 Å². The van der Waals surface area contributed by atoms with Crippen molar-refractivity contribution in [2.45, 2.75) is 26.8 Å². The van der Waals surface area contributed by atoms with E-state index in [1.54, 1.807) is 23.5 Å². The topological polar surface area (TPSA) is 41.1 Å². The Morgan fingerprint density at radius 2 is 1.74 bits per heavy atom. The number of thiophene rings is 1. The van der Waals surface area contributed by atoms with Crippen molar-refractivity contribution in [3.05, 3.63) is 86.9 Å². The Balaban J connectivity index is 1.72. The summed E-state index contributed by atoms with van der Waals surface area (Å²) in [5, 5.41) is 8.31. The highest BCUT2D eigenvalue weighted by Crippen LogP contribution is 2.26. The molecule has 1 amide bonds. The number of rotatable bonds is 6. The lowest BCUT2D eigenvalue weighted by molar-refractivity contribution is -0.115. The summed E-state index contributed by atoms with van der Waals surface area (Å²) in [6.07, 6.45) is 0. The van der Waals surface area contributed by atoms with Crippen LogP contribution in [0.5, 0.6) is 0 Å². The van der Waals surface area contributed by atoms with E-state index in [-0.39, 0.29) is 24.3 Å². The lowest BCUT2D eigenvalue weighted by Gasteiger charge is -2.19. The number of anilines is 1. The summed E-state index contributed by atoms with van der Waals surface area (Å²) in [6.45, 7) is 6.19. The molecule has 0 saturated carbocycles. The molecule has 2 N–H and O–H groups in total. The lowest BCUT2D eigenvalue weighted by Crippen LogP contribution is -2.32. The molecule has 3 nitrogen and oxygen atoms in total. The van der Waals surface area contributed by atoms with E-state index < -0.39 is 0 Å². The number of hydrogen-bond acceptors (Lipinski definition) is 3. The number of carbonyl (C=O) groups is 1. The predicted octanol–water partition coefficient (Wildman–Crippen LogP) is 5.13. The molecule has 0 aliphatic rings. The highest BCUT2D eigenvalue weighted by molar-refractivity contribution is 7.10. The highest BCUT2D eigenvalue weighted by Gasteiger charge is 2.17. The van der Waals surface area contributed by atoms with E-state index in [4.69, 9.17) is 0 Å². The number of halogens is 1. The van der Waals surface area contributed by atoms with Crippen LogP contribution in [0.25, 0.3) is 0 Å². The third-order valence-corrected chi connectivity index (χ3v) is 5.38. The first-order chi connectivity index (χ1) is 12.9. The van der Waals surface area contributed by atoms with Crippen LogP contribution in [0, 0.1) is 26.6 Å². The fourth-order valence-corrected chi connectivity index (χ4v) is 4.08. The molecule has 1 atom stereocenters. The molecule has 1 heterocycles. The van der Waals surface area contributed by atoms with Gasteiger partial charge in [0.15, 0.2) is 0 Å². The van der Waals surface area contributed by atoms with E-state index in [9.17, 15) is 9.18 Å². The molecule has 0 aliphatic carbocycles. The summed E-state index contributed by atoms with van der Waals surface area (Å²) < 4.78 is 13.3. The second-order valence-electron chi connectivity index (χ2n) is 6.70. The number of nitrogens with one attached hydrogen (secondary N) is 2. The standard InChI is InChI=1S/C22H23FN2OS/c1-14-11-15(2)21(16(3)12-14)25-20(26)13-24-22(19-5-4-10-27-19)17-6-8-18(23)9-7-17/h4-12,22,24H,13H2,1-3H3,(H,25,26)/t22-/m1/s1. The van der Waals surface area contributed by atoms with Gasteiger partial charge in [-0.1, -0.05) is 35.9 Å². The van der Waals surface area contributed by atoms with Crippen LogP contribution in [-0.2, 0) is 4.79 Å². The van der Waals surface area contributed by atoms with Crippen LogP contribution in [0.4, 0.5) is 10.1 Å². The SMILES string of the molecule is Cc1cc(C)c(NC(=O)CN[C@H](c2ccc(F)cc2)c2cccs2)c(C)c1. The molecule has 0 radical (unpaired) electrons. The summed E-state index contributed by atoms with van der Waals surface area (Å²) in [6, 6.07) is 14.3. The van der Waals surface area contributed by atoms with Crippen LogP contribution in [0.15, 0.2) is 53.9 Å². The van der Waals surface area contributed by atoms with E-state index in [0.717, 1.165) is 27.3 Å². The minimum absolute atomic E-state index is 0.103. The molecule has 2 aromatic carbocycles. The highest BCUT2D eigenvalue weighted by atomic mass is 32.1. The number of amides is 1. The van der Waals surface area contributed by atoms with Gasteiger partial charge in [-0.3, -0.25) is 10.1 Å². The normalized spacial score (nSPS) is 12.0. The van der Waals surface area contributed by atoms with Gasteiger partial charge in [0.1, 0.15) is 5.82 Å². The molecule has 5 heteroatoms. The Morgan fingerprint density at radius 3 is 2.33 bits per heavy atom. The van der Waals surface area contributed by atoms with Crippen molar-refractivity contribution in [2.75, 3.05) is 11.9 Å². The molecule has 3 aromatic rings. The molecule has 3 rings (SSSR count). The monoisotopic (exact) mass is 382 g/mol. The van der Waals surface area contributed by atoms with Crippen LogP contribution < -0.4 is 10.6 Å². The third-order valence-electron chi connectivity index (χ3n) is 4.44. The maximum absolute atomic E-state index is 13.3.